The molecule has 0 atom stereocenters. The van der Waals surface area contributed by atoms with Crippen molar-refractivity contribution in [1.29, 1.82) is 0 Å². The van der Waals surface area contributed by atoms with Gasteiger partial charge in [0.2, 0.25) is 6.71 Å². The minimum Gasteiger partial charge on any atom is -0.257 e. The zero-order valence-electron chi connectivity index (χ0n) is 20.6. The maximum absolute atomic E-state index is 4.96. The fourth-order valence-electron chi connectivity index (χ4n) is 6.20. The van der Waals surface area contributed by atoms with Crippen LogP contribution in [0.25, 0.3) is 53.7 Å². The van der Waals surface area contributed by atoms with Crippen molar-refractivity contribution in [1.82, 2.24) is 4.98 Å². The molecule has 38 heavy (non-hydrogen) atoms. The van der Waals surface area contributed by atoms with Gasteiger partial charge in [-0.3, -0.25) is 4.98 Å². The predicted octanol–water partition coefficient (Wildman–Crippen LogP) is 7.28. The summed E-state index contributed by atoms with van der Waals surface area (Å²) in [6.07, 6.45) is 1.93. The van der Waals surface area contributed by atoms with Gasteiger partial charge in [-0.05, 0) is 57.5 Å². The number of rotatable bonds is 3. The minimum atomic E-state index is 0.0925. The Hall–Kier alpha value is -4.47. The molecule has 1 nitrogen and oxygen atoms in total. The maximum Gasteiger partial charge on any atom is 0.246 e. The van der Waals surface area contributed by atoms with Crippen LogP contribution in [0.1, 0.15) is 0 Å². The summed E-state index contributed by atoms with van der Waals surface area (Å²) >= 11 is 1.88. The van der Waals surface area contributed by atoms with Crippen LogP contribution in [0.3, 0.4) is 0 Å². The van der Waals surface area contributed by atoms with Gasteiger partial charge in [0.1, 0.15) is 0 Å². The number of nitrogens with zero attached hydrogens (tertiary/aromatic N) is 1. The second-order valence-electron chi connectivity index (χ2n) is 9.91. The zero-order chi connectivity index (χ0) is 25.1. The Balaban J connectivity index is 1.48. The third-order valence-electron chi connectivity index (χ3n) is 7.83. The van der Waals surface area contributed by atoms with E-state index in [2.05, 4.69) is 127 Å². The van der Waals surface area contributed by atoms with Gasteiger partial charge < -0.3 is 0 Å². The SMILES string of the molecule is c1ccc(-c2cccc(-c3ccccc3)c2B2c3cc4sc5ccccc5c4cc3-c3ncccc32)cc1. The molecule has 1 aliphatic heterocycles. The van der Waals surface area contributed by atoms with Crippen molar-refractivity contribution in [3.63, 3.8) is 0 Å². The second-order valence-corrected chi connectivity index (χ2v) is 11.0. The molecule has 5 aromatic carbocycles. The summed E-state index contributed by atoms with van der Waals surface area (Å²) in [6, 6.07) is 46.3. The van der Waals surface area contributed by atoms with Crippen LogP contribution in [-0.4, -0.2) is 11.7 Å². The van der Waals surface area contributed by atoms with E-state index in [1.54, 1.807) is 0 Å². The molecule has 3 heteroatoms. The Labute approximate surface area is 226 Å². The molecule has 2 aromatic heterocycles. The number of hydrogen-bond donors (Lipinski definition) is 0. The van der Waals surface area contributed by atoms with E-state index in [0.29, 0.717) is 0 Å². The van der Waals surface area contributed by atoms with Gasteiger partial charge in [-0.1, -0.05) is 114 Å². The van der Waals surface area contributed by atoms with Crippen molar-refractivity contribution in [2.75, 3.05) is 0 Å². The first-order chi connectivity index (χ1) is 18.9. The van der Waals surface area contributed by atoms with Gasteiger partial charge >= 0.3 is 0 Å². The van der Waals surface area contributed by atoms with E-state index in [0.717, 1.165) is 5.69 Å². The van der Waals surface area contributed by atoms with Crippen LogP contribution in [0.5, 0.6) is 0 Å². The molecule has 0 amide bonds. The number of pyridine rings is 1. The van der Waals surface area contributed by atoms with Gasteiger partial charge in [-0.2, -0.15) is 0 Å². The lowest BCUT2D eigenvalue weighted by molar-refractivity contribution is 1.36. The quantitative estimate of drug-likeness (QED) is 0.233. The molecular formula is C35H22BNS. The highest BCUT2D eigenvalue weighted by Crippen LogP contribution is 2.37. The third-order valence-corrected chi connectivity index (χ3v) is 8.96. The Bertz CT molecular complexity index is 1920. The summed E-state index contributed by atoms with van der Waals surface area (Å²) < 4.78 is 2.67. The van der Waals surface area contributed by atoms with Crippen molar-refractivity contribution in [3.05, 3.63) is 134 Å². The first-order valence-corrected chi connectivity index (χ1v) is 13.8. The van der Waals surface area contributed by atoms with Crippen molar-refractivity contribution < 1.29 is 0 Å². The van der Waals surface area contributed by atoms with E-state index < -0.39 is 0 Å². The Kier molecular flexibility index (Phi) is 4.86. The lowest BCUT2D eigenvalue weighted by Gasteiger charge is -2.21. The summed E-state index contributed by atoms with van der Waals surface area (Å²) in [7, 11) is 0. The first kappa shape index (κ1) is 21.6. The van der Waals surface area contributed by atoms with Gasteiger partial charge in [-0.15, -0.1) is 11.3 Å². The van der Waals surface area contributed by atoms with Gasteiger partial charge in [0, 0.05) is 26.4 Å². The van der Waals surface area contributed by atoms with Crippen molar-refractivity contribution >= 4 is 54.6 Å². The van der Waals surface area contributed by atoms with Crippen LogP contribution < -0.4 is 16.4 Å². The third kappa shape index (κ3) is 3.22. The highest BCUT2D eigenvalue weighted by atomic mass is 32.1. The molecule has 176 valence electrons. The normalized spacial score (nSPS) is 12.2. The van der Waals surface area contributed by atoms with E-state index in [-0.39, 0.29) is 6.71 Å². The molecule has 0 N–H and O–H groups in total. The summed E-state index contributed by atoms with van der Waals surface area (Å²) in [5, 5.41) is 2.65. The Morgan fingerprint density at radius 1 is 0.500 bits per heavy atom. The molecule has 8 rings (SSSR count). The lowest BCUT2D eigenvalue weighted by Crippen LogP contribution is -2.50. The van der Waals surface area contributed by atoms with E-state index in [4.69, 9.17) is 4.98 Å². The van der Waals surface area contributed by atoms with Crippen molar-refractivity contribution in [3.8, 4) is 33.5 Å². The summed E-state index contributed by atoms with van der Waals surface area (Å²) in [5.41, 5.74) is 11.4. The van der Waals surface area contributed by atoms with Gasteiger partial charge in [-0.25, -0.2) is 0 Å². The van der Waals surface area contributed by atoms with E-state index in [1.807, 2.05) is 17.5 Å². The minimum absolute atomic E-state index is 0.0925. The van der Waals surface area contributed by atoms with Crippen molar-refractivity contribution in [2.45, 2.75) is 0 Å². The van der Waals surface area contributed by atoms with Crippen LogP contribution in [0.4, 0.5) is 0 Å². The second kappa shape index (κ2) is 8.54. The first-order valence-electron chi connectivity index (χ1n) is 13.0. The van der Waals surface area contributed by atoms with E-state index >= 15 is 0 Å². The summed E-state index contributed by atoms with van der Waals surface area (Å²) in [6.45, 7) is 0.0925. The topological polar surface area (TPSA) is 12.9 Å². The lowest BCUT2D eigenvalue weighted by atomic mass is 9.37. The van der Waals surface area contributed by atoms with Crippen LogP contribution in [0.15, 0.2) is 134 Å². The van der Waals surface area contributed by atoms with Crippen LogP contribution >= 0.6 is 11.3 Å². The molecule has 0 fully saturated rings. The number of hydrogen-bond acceptors (Lipinski definition) is 2. The van der Waals surface area contributed by atoms with Crippen LogP contribution in [0.2, 0.25) is 0 Å². The smallest absolute Gasteiger partial charge is 0.246 e. The Morgan fingerprint density at radius 2 is 1.18 bits per heavy atom. The molecular weight excluding hydrogens is 477 g/mol. The predicted molar refractivity (Wildman–Crippen MR) is 165 cm³/mol. The summed E-state index contributed by atoms with van der Waals surface area (Å²) in [4.78, 5) is 4.96. The van der Waals surface area contributed by atoms with Crippen molar-refractivity contribution in [2.24, 2.45) is 0 Å². The van der Waals surface area contributed by atoms with Crippen LogP contribution in [-0.2, 0) is 0 Å². The molecule has 7 aromatic rings. The van der Waals surface area contributed by atoms with Crippen LogP contribution in [0, 0.1) is 0 Å². The average molecular weight is 499 g/mol. The monoisotopic (exact) mass is 499 g/mol. The summed E-state index contributed by atoms with van der Waals surface area (Å²) in [5.74, 6) is 0. The fourth-order valence-corrected chi connectivity index (χ4v) is 7.34. The molecule has 3 heterocycles. The zero-order valence-corrected chi connectivity index (χ0v) is 21.5. The number of thiophene rings is 1. The van der Waals surface area contributed by atoms with Gasteiger partial charge in [0.05, 0.1) is 5.69 Å². The molecule has 0 saturated heterocycles. The fraction of sp³-hybridized carbons (Fsp3) is 0. The van der Waals surface area contributed by atoms with E-state index in [1.165, 1.54) is 64.4 Å². The number of benzene rings is 5. The molecule has 0 radical (unpaired) electrons. The Morgan fingerprint density at radius 3 is 1.92 bits per heavy atom. The molecule has 1 aliphatic rings. The van der Waals surface area contributed by atoms with Gasteiger partial charge in [0.15, 0.2) is 0 Å². The standard InChI is InChI=1S/C35H22BNS/c1-3-11-23(12-4-1)25-16-9-17-26(24-13-5-2-6-14-24)34(25)36-30-18-10-20-37-35(30)29-21-28-27-15-7-8-19-32(27)38-33(28)22-31(29)36/h1-22H. The highest BCUT2D eigenvalue weighted by molar-refractivity contribution is 7.26. The average Bonchev–Trinajstić information content (AvgIpc) is 3.51. The molecule has 0 spiro atoms. The molecule has 0 bridgehead atoms. The molecule has 0 unspecified atom stereocenters. The number of fused-ring (bicyclic) bond motifs is 6. The maximum atomic E-state index is 4.96. The number of aromatic nitrogens is 1. The molecule has 0 saturated carbocycles. The molecule has 0 aliphatic carbocycles. The van der Waals surface area contributed by atoms with E-state index in [9.17, 15) is 0 Å². The highest BCUT2D eigenvalue weighted by Gasteiger charge is 2.38. The van der Waals surface area contributed by atoms with Gasteiger partial charge in [0.25, 0.3) is 0 Å². The largest absolute Gasteiger partial charge is 0.257 e.